The Balaban J connectivity index is 2.16. The molecule has 0 unspecified atom stereocenters. The topological polar surface area (TPSA) is 130 Å². The molecule has 1 amide bonds. The van der Waals surface area contributed by atoms with Crippen LogP contribution in [0.3, 0.4) is 0 Å². The highest BCUT2D eigenvalue weighted by molar-refractivity contribution is 5.98. The fourth-order valence-electron chi connectivity index (χ4n) is 2.28. The number of benzene rings is 1. The average molecular weight is 292 g/mol. The van der Waals surface area contributed by atoms with Crippen LogP contribution in [0.5, 0.6) is 0 Å². The molecule has 1 aliphatic rings. The number of aromatic carboxylic acids is 2. The molecule has 5 N–H and O–H groups in total. The van der Waals surface area contributed by atoms with Crippen molar-refractivity contribution in [1.82, 2.24) is 0 Å². The van der Waals surface area contributed by atoms with Crippen molar-refractivity contribution in [3.05, 3.63) is 29.3 Å². The summed E-state index contributed by atoms with van der Waals surface area (Å²) in [6.45, 7) is 0. The van der Waals surface area contributed by atoms with Gasteiger partial charge in [0, 0.05) is 17.6 Å². The molecule has 2 rings (SSSR count). The Hall–Kier alpha value is -2.41. The summed E-state index contributed by atoms with van der Waals surface area (Å²) in [4.78, 5) is 33.8. The first-order valence-corrected chi connectivity index (χ1v) is 6.49. The van der Waals surface area contributed by atoms with Crippen LogP contribution in [0.25, 0.3) is 0 Å². The van der Waals surface area contributed by atoms with Gasteiger partial charge >= 0.3 is 11.9 Å². The van der Waals surface area contributed by atoms with Crippen LogP contribution in [-0.2, 0) is 4.79 Å². The zero-order valence-electron chi connectivity index (χ0n) is 11.3. The number of hydrogen-bond donors (Lipinski definition) is 4. The van der Waals surface area contributed by atoms with E-state index in [4.69, 9.17) is 15.9 Å². The second kappa shape index (κ2) is 5.53. The van der Waals surface area contributed by atoms with Gasteiger partial charge in [0.2, 0.25) is 5.91 Å². The van der Waals surface area contributed by atoms with Gasteiger partial charge in [-0.3, -0.25) is 4.79 Å². The molecule has 112 valence electrons. The van der Waals surface area contributed by atoms with E-state index < -0.39 is 17.5 Å². The van der Waals surface area contributed by atoms with Gasteiger partial charge in [-0.05, 0) is 37.5 Å². The molecular formula is C14H16N2O5. The predicted octanol–water partition coefficient (Wildman–Crippen LogP) is 1.29. The summed E-state index contributed by atoms with van der Waals surface area (Å²) in [7, 11) is 0. The molecule has 1 saturated carbocycles. The minimum absolute atomic E-state index is 0.132. The molecule has 1 fully saturated rings. The quantitative estimate of drug-likeness (QED) is 0.647. The van der Waals surface area contributed by atoms with Crippen LogP contribution >= 0.6 is 0 Å². The lowest BCUT2D eigenvalue weighted by atomic mass is 9.75. The zero-order chi connectivity index (χ0) is 15.6. The second-order valence-electron chi connectivity index (χ2n) is 5.35. The van der Waals surface area contributed by atoms with Crippen molar-refractivity contribution in [3.63, 3.8) is 0 Å². The maximum atomic E-state index is 11.9. The molecule has 0 aliphatic heterocycles. The Morgan fingerprint density at radius 1 is 1.10 bits per heavy atom. The lowest BCUT2D eigenvalue weighted by molar-refractivity contribution is -0.118. The number of nitrogens with one attached hydrogen (secondary N) is 1. The molecule has 7 heteroatoms. The van der Waals surface area contributed by atoms with E-state index in [-0.39, 0.29) is 29.1 Å². The van der Waals surface area contributed by atoms with E-state index in [1.54, 1.807) is 0 Å². The summed E-state index contributed by atoms with van der Waals surface area (Å²) in [5.41, 5.74) is 5.21. The van der Waals surface area contributed by atoms with E-state index >= 15 is 0 Å². The summed E-state index contributed by atoms with van der Waals surface area (Å²) < 4.78 is 0. The van der Waals surface area contributed by atoms with E-state index in [1.807, 2.05) is 0 Å². The third-order valence-corrected chi connectivity index (χ3v) is 3.57. The molecule has 0 bridgehead atoms. The van der Waals surface area contributed by atoms with Crippen molar-refractivity contribution < 1.29 is 24.6 Å². The summed E-state index contributed by atoms with van der Waals surface area (Å²) in [6.07, 6.45) is 2.67. The minimum Gasteiger partial charge on any atom is -0.478 e. The van der Waals surface area contributed by atoms with Crippen molar-refractivity contribution >= 4 is 23.5 Å². The molecule has 0 spiro atoms. The van der Waals surface area contributed by atoms with Gasteiger partial charge < -0.3 is 21.3 Å². The number of carboxylic acid groups (broad SMARTS) is 2. The van der Waals surface area contributed by atoms with Gasteiger partial charge in [-0.1, -0.05) is 0 Å². The molecule has 0 radical (unpaired) electrons. The molecule has 0 atom stereocenters. The van der Waals surface area contributed by atoms with E-state index in [9.17, 15) is 14.4 Å². The number of amides is 1. The number of anilines is 1. The Morgan fingerprint density at radius 3 is 2.00 bits per heavy atom. The standard InChI is InChI=1S/C14H16N2O5/c15-14(2-1-3-14)7-11(17)16-10-5-8(12(18)19)4-9(6-10)13(20)21/h4-6H,1-3,7,15H2,(H,16,17)(H,18,19)(H,20,21). The second-order valence-corrected chi connectivity index (χ2v) is 5.35. The maximum absolute atomic E-state index is 11.9. The molecular weight excluding hydrogens is 276 g/mol. The fraction of sp³-hybridized carbons (Fsp3) is 0.357. The van der Waals surface area contributed by atoms with Crippen LogP contribution in [-0.4, -0.2) is 33.6 Å². The molecule has 1 aromatic carbocycles. The monoisotopic (exact) mass is 292 g/mol. The van der Waals surface area contributed by atoms with E-state index in [1.165, 1.54) is 12.1 Å². The number of carboxylic acids is 2. The highest BCUT2D eigenvalue weighted by Gasteiger charge is 2.34. The van der Waals surface area contributed by atoms with Crippen molar-refractivity contribution in [1.29, 1.82) is 0 Å². The average Bonchev–Trinajstić information content (AvgIpc) is 2.36. The summed E-state index contributed by atoms with van der Waals surface area (Å²) in [5.74, 6) is -2.87. The van der Waals surface area contributed by atoms with Gasteiger partial charge in [0.15, 0.2) is 0 Å². The summed E-state index contributed by atoms with van der Waals surface area (Å²) >= 11 is 0. The molecule has 0 aromatic heterocycles. The van der Waals surface area contributed by atoms with Crippen molar-refractivity contribution in [2.75, 3.05) is 5.32 Å². The van der Waals surface area contributed by atoms with Crippen LogP contribution in [0.1, 0.15) is 46.4 Å². The SMILES string of the molecule is NC1(CC(=O)Nc2cc(C(=O)O)cc(C(=O)O)c2)CCC1. The van der Waals surface area contributed by atoms with Gasteiger partial charge in [0.1, 0.15) is 0 Å². The van der Waals surface area contributed by atoms with Crippen molar-refractivity contribution in [3.8, 4) is 0 Å². The third kappa shape index (κ3) is 3.57. The van der Waals surface area contributed by atoms with Crippen LogP contribution in [0.4, 0.5) is 5.69 Å². The van der Waals surface area contributed by atoms with Gasteiger partial charge in [0.25, 0.3) is 0 Å². The molecule has 1 aliphatic carbocycles. The van der Waals surface area contributed by atoms with Gasteiger partial charge in [-0.25, -0.2) is 9.59 Å². The van der Waals surface area contributed by atoms with Gasteiger partial charge in [-0.2, -0.15) is 0 Å². The Bertz CT molecular complexity index is 575. The van der Waals surface area contributed by atoms with E-state index in [0.29, 0.717) is 0 Å². The Kier molecular flexibility index (Phi) is 3.95. The zero-order valence-corrected chi connectivity index (χ0v) is 11.3. The lowest BCUT2D eigenvalue weighted by Crippen LogP contribution is -2.48. The van der Waals surface area contributed by atoms with Crippen LogP contribution in [0.15, 0.2) is 18.2 Å². The molecule has 0 saturated heterocycles. The van der Waals surface area contributed by atoms with Crippen LogP contribution in [0, 0.1) is 0 Å². The lowest BCUT2D eigenvalue weighted by Gasteiger charge is -2.37. The van der Waals surface area contributed by atoms with Crippen molar-refractivity contribution in [2.45, 2.75) is 31.2 Å². The third-order valence-electron chi connectivity index (χ3n) is 3.57. The van der Waals surface area contributed by atoms with E-state index in [0.717, 1.165) is 25.3 Å². The number of nitrogens with two attached hydrogens (primary N) is 1. The number of carbonyl (C=O) groups excluding carboxylic acids is 1. The van der Waals surface area contributed by atoms with E-state index in [2.05, 4.69) is 5.32 Å². The fourth-order valence-corrected chi connectivity index (χ4v) is 2.28. The number of carbonyl (C=O) groups is 3. The molecule has 1 aromatic rings. The molecule has 7 nitrogen and oxygen atoms in total. The summed E-state index contributed by atoms with van der Waals surface area (Å²) in [6, 6.07) is 3.48. The maximum Gasteiger partial charge on any atom is 0.335 e. The van der Waals surface area contributed by atoms with Crippen LogP contribution < -0.4 is 11.1 Å². The predicted molar refractivity (Wildman–Crippen MR) is 74.4 cm³/mol. The first-order chi connectivity index (χ1) is 9.79. The summed E-state index contributed by atoms with van der Waals surface area (Å²) in [5, 5.41) is 20.4. The van der Waals surface area contributed by atoms with Crippen LogP contribution in [0.2, 0.25) is 0 Å². The highest BCUT2D eigenvalue weighted by atomic mass is 16.4. The minimum atomic E-state index is -1.26. The largest absolute Gasteiger partial charge is 0.478 e. The Morgan fingerprint density at radius 2 is 1.62 bits per heavy atom. The Labute approximate surface area is 120 Å². The first-order valence-electron chi connectivity index (χ1n) is 6.49. The smallest absolute Gasteiger partial charge is 0.335 e. The van der Waals surface area contributed by atoms with Crippen molar-refractivity contribution in [2.24, 2.45) is 5.73 Å². The number of hydrogen-bond acceptors (Lipinski definition) is 4. The van der Waals surface area contributed by atoms with Gasteiger partial charge in [0.05, 0.1) is 11.1 Å². The van der Waals surface area contributed by atoms with Gasteiger partial charge in [-0.15, -0.1) is 0 Å². The number of rotatable bonds is 5. The molecule has 21 heavy (non-hydrogen) atoms. The first kappa shape index (κ1) is 15.0. The highest BCUT2D eigenvalue weighted by Crippen LogP contribution is 2.32. The normalized spacial score (nSPS) is 15.9. The molecule has 0 heterocycles.